The topological polar surface area (TPSA) is 90.9 Å². The van der Waals surface area contributed by atoms with Crippen molar-refractivity contribution >= 4 is 24.5 Å². The molecule has 7 nitrogen and oxygen atoms in total. The van der Waals surface area contributed by atoms with Crippen LogP contribution in [0.4, 0.5) is 18.0 Å². The van der Waals surface area contributed by atoms with Crippen molar-refractivity contribution in [2.24, 2.45) is 0 Å². The van der Waals surface area contributed by atoms with Gasteiger partial charge in [-0.15, -0.1) is 0 Å². The summed E-state index contributed by atoms with van der Waals surface area (Å²) in [5, 5.41) is 0. The van der Waals surface area contributed by atoms with E-state index >= 15 is 0 Å². The minimum atomic E-state index is -4.70. The van der Waals surface area contributed by atoms with E-state index in [1.165, 1.54) is 4.72 Å². The summed E-state index contributed by atoms with van der Waals surface area (Å²) in [4.78, 5) is 11.1. The molecule has 12 heteroatoms. The fourth-order valence-corrected chi connectivity index (χ4v) is 2.11. The SMILES string of the molecule is COP(=O)(OC)C(=O)NS(=O)OCC(F)(F)F. The van der Waals surface area contributed by atoms with Gasteiger partial charge < -0.3 is 9.05 Å². The maximum absolute atomic E-state index is 11.6. The highest BCUT2D eigenvalue weighted by Gasteiger charge is 2.35. The van der Waals surface area contributed by atoms with Crippen LogP contribution in [0.2, 0.25) is 0 Å². The largest absolute Gasteiger partial charge is 0.418 e. The number of hydrogen-bond donors (Lipinski definition) is 1. The second-order valence-electron chi connectivity index (χ2n) is 2.38. The Morgan fingerprint density at radius 3 is 2.18 bits per heavy atom. The summed E-state index contributed by atoms with van der Waals surface area (Å²) in [6.45, 7) is -1.83. The average Bonchev–Trinajstić information content (AvgIpc) is 2.24. The number of carbonyl (C=O) groups excluding carboxylic acids is 1. The van der Waals surface area contributed by atoms with Crippen molar-refractivity contribution in [1.82, 2.24) is 4.72 Å². The molecule has 1 amide bonds. The molecule has 0 aromatic heterocycles. The minimum Gasteiger partial charge on any atom is -0.305 e. The highest BCUT2D eigenvalue weighted by atomic mass is 32.2. The Morgan fingerprint density at radius 2 is 1.82 bits per heavy atom. The zero-order valence-electron chi connectivity index (χ0n) is 8.65. The number of alkyl halides is 3. The summed E-state index contributed by atoms with van der Waals surface area (Å²) < 4.78 is 70.6. The Labute approximate surface area is 96.9 Å². The van der Waals surface area contributed by atoms with Crippen molar-refractivity contribution in [2.75, 3.05) is 20.8 Å². The molecule has 1 atom stereocenters. The number of carbonyl (C=O) groups is 1. The quantitative estimate of drug-likeness (QED) is 0.744. The summed E-state index contributed by atoms with van der Waals surface area (Å²) in [5.74, 6) is 0. The summed E-state index contributed by atoms with van der Waals surface area (Å²) in [6.07, 6.45) is -4.70. The molecule has 102 valence electrons. The van der Waals surface area contributed by atoms with Gasteiger partial charge in [-0.05, 0) is 0 Å². The molecule has 1 N–H and O–H groups in total. The monoisotopic (exact) mass is 299 g/mol. The molecule has 0 heterocycles. The molecule has 0 fully saturated rings. The van der Waals surface area contributed by atoms with E-state index in [0.717, 1.165) is 14.2 Å². The molecule has 0 rings (SSSR count). The molecule has 0 aromatic rings. The number of amides is 1. The van der Waals surface area contributed by atoms with Crippen LogP contribution in [0.5, 0.6) is 0 Å². The molecule has 0 spiro atoms. The fraction of sp³-hybridized carbons (Fsp3) is 0.800. The van der Waals surface area contributed by atoms with E-state index in [-0.39, 0.29) is 0 Å². The minimum absolute atomic E-state index is 0.878. The number of nitrogens with one attached hydrogen (secondary N) is 1. The Hall–Kier alpha value is -0.480. The van der Waals surface area contributed by atoms with Crippen molar-refractivity contribution < 1.29 is 40.0 Å². The van der Waals surface area contributed by atoms with Crippen molar-refractivity contribution in [2.45, 2.75) is 6.18 Å². The van der Waals surface area contributed by atoms with Gasteiger partial charge in [-0.2, -0.15) is 13.2 Å². The van der Waals surface area contributed by atoms with E-state index in [1.54, 1.807) is 0 Å². The highest BCUT2D eigenvalue weighted by Crippen LogP contribution is 2.46. The fourth-order valence-electron chi connectivity index (χ4n) is 0.517. The predicted octanol–water partition coefficient (Wildman–Crippen LogP) is 1.34. The van der Waals surface area contributed by atoms with E-state index < -0.39 is 37.3 Å². The van der Waals surface area contributed by atoms with E-state index in [9.17, 15) is 26.7 Å². The molecule has 0 aromatic carbocycles. The highest BCUT2D eigenvalue weighted by molar-refractivity contribution is 7.82. The van der Waals surface area contributed by atoms with Crippen molar-refractivity contribution in [1.29, 1.82) is 0 Å². The Morgan fingerprint density at radius 1 is 1.35 bits per heavy atom. The molecule has 0 aliphatic heterocycles. The number of halogens is 3. The lowest BCUT2D eigenvalue weighted by molar-refractivity contribution is -0.151. The first-order chi connectivity index (χ1) is 7.64. The van der Waals surface area contributed by atoms with Crippen molar-refractivity contribution in [3.63, 3.8) is 0 Å². The molecular weight excluding hydrogens is 290 g/mol. The zero-order chi connectivity index (χ0) is 13.7. The third kappa shape index (κ3) is 6.13. The van der Waals surface area contributed by atoms with Crippen LogP contribution in [0.3, 0.4) is 0 Å². The lowest BCUT2D eigenvalue weighted by Gasteiger charge is -2.12. The first kappa shape index (κ1) is 16.5. The number of rotatable bonds is 6. The molecule has 17 heavy (non-hydrogen) atoms. The molecule has 0 radical (unpaired) electrons. The third-order valence-corrected chi connectivity index (χ3v) is 3.64. The Kier molecular flexibility index (Phi) is 6.27. The van der Waals surface area contributed by atoms with Crippen molar-refractivity contribution in [3.8, 4) is 0 Å². The van der Waals surface area contributed by atoms with Gasteiger partial charge in [0.2, 0.25) is 0 Å². The van der Waals surface area contributed by atoms with Gasteiger partial charge in [-0.1, -0.05) is 0 Å². The maximum Gasteiger partial charge on any atom is 0.418 e. The molecule has 0 aliphatic carbocycles. The summed E-state index contributed by atoms with van der Waals surface area (Å²) in [7, 11) is -2.44. The Bertz CT molecular complexity index is 339. The normalized spacial score (nSPS) is 14.4. The molecule has 0 aliphatic rings. The van der Waals surface area contributed by atoms with Gasteiger partial charge in [0.15, 0.2) is 6.61 Å². The third-order valence-electron chi connectivity index (χ3n) is 1.23. The lowest BCUT2D eigenvalue weighted by Crippen LogP contribution is -2.29. The van der Waals surface area contributed by atoms with Gasteiger partial charge in [0, 0.05) is 14.2 Å². The van der Waals surface area contributed by atoms with E-state index in [2.05, 4.69) is 13.2 Å². The first-order valence-electron chi connectivity index (χ1n) is 3.79. The van der Waals surface area contributed by atoms with Crippen molar-refractivity contribution in [3.05, 3.63) is 0 Å². The van der Waals surface area contributed by atoms with Crippen LogP contribution < -0.4 is 4.72 Å². The molecular formula is C5H9F3NO6PS. The first-order valence-corrected chi connectivity index (χ1v) is 6.41. The van der Waals surface area contributed by atoms with Crippen LogP contribution in [0.25, 0.3) is 0 Å². The van der Waals surface area contributed by atoms with Crippen LogP contribution in [-0.4, -0.2) is 36.9 Å². The van der Waals surface area contributed by atoms with Gasteiger partial charge >= 0.3 is 19.4 Å². The van der Waals surface area contributed by atoms with Gasteiger partial charge in [0.05, 0.1) is 0 Å². The van der Waals surface area contributed by atoms with E-state index in [4.69, 9.17) is 0 Å². The zero-order valence-corrected chi connectivity index (χ0v) is 10.4. The second kappa shape index (κ2) is 6.45. The smallest absolute Gasteiger partial charge is 0.305 e. The number of hydrogen-bond acceptors (Lipinski definition) is 6. The van der Waals surface area contributed by atoms with E-state index in [0.29, 0.717) is 0 Å². The molecule has 0 saturated heterocycles. The predicted molar refractivity (Wildman–Crippen MR) is 50.3 cm³/mol. The lowest BCUT2D eigenvalue weighted by atomic mass is 10.7. The summed E-state index contributed by atoms with van der Waals surface area (Å²) in [6, 6.07) is 0. The van der Waals surface area contributed by atoms with Crippen LogP contribution >= 0.6 is 7.60 Å². The van der Waals surface area contributed by atoms with Gasteiger partial charge in [-0.25, -0.2) is 13.5 Å². The Balaban J connectivity index is 4.31. The maximum atomic E-state index is 11.6. The standard InChI is InChI=1S/C5H9F3NO6PS/c1-13-16(11,14-2)4(10)9-17(12)15-3-5(6,7)8/h3H2,1-2H3,(H,9,10). The van der Waals surface area contributed by atoms with Crippen LogP contribution in [0.15, 0.2) is 0 Å². The summed E-state index contributed by atoms with van der Waals surface area (Å²) >= 11 is -2.80. The van der Waals surface area contributed by atoms with Crippen LogP contribution in [-0.2, 0) is 29.1 Å². The second-order valence-corrected chi connectivity index (χ2v) is 5.42. The molecule has 0 saturated carbocycles. The average molecular weight is 299 g/mol. The summed E-state index contributed by atoms with van der Waals surface area (Å²) in [5.41, 5.74) is -1.47. The molecule has 1 unspecified atom stereocenters. The van der Waals surface area contributed by atoms with Crippen LogP contribution in [0.1, 0.15) is 0 Å². The van der Waals surface area contributed by atoms with Gasteiger partial charge in [0.1, 0.15) is 0 Å². The van der Waals surface area contributed by atoms with Gasteiger partial charge in [-0.3, -0.25) is 8.98 Å². The van der Waals surface area contributed by atoms with E-state index in [1.807, 2.05) is 0 Å². The molecule has 0 bridgehead atoms. The van der Waals surface area contributed by atoms with Crippen LogP contribution in [0, 0.1) is 0 Å². The van der Waals surface area contributed by atoms with Gasteiger partial charge in [0.25, 0.3) is 11.3 Å².